The first-order valence-electron chi connectivity index (χ1n) is 6.13. The van der Waals surface area contributed by atoms with E-state index in [1.807, 2.05) is 12.3 Å². The maximum absolute atomic E-state index is 5.92. The number of nitrogens with zero attached hydrogens (tertiary/aromatic N) is 2. The SMILES string of the molecule is Cl.N[C@@H]1CCN(Cc2ccc3ncccc3c2)C1. The molecule has 0 unspecified atom stereocenters. The highest BCUT2D eigenvalue weighted by molar-refractivity contribution is 5.85. The third kappa shape index (κ3) is 2.80. The van der Waals surface area contributed by atoms with Crippen molar-refractivity contribution in [1.29, 1.82) is 0 Å². The van der Waals surface area contributed by atoms with Gasteiger partial charge in [-0.15, -0.1) is 12.4 Å². The summed E-state index contributed by atoms with van der Waals surface area (Å²) in [7, 11) is 0. The van der Waals surface area contributed by atoms with Gasteiger partial charge in [-0.1, -0.05) is 12.1 Å². The second kappa shape index (κ2) is 5.65. The molecule has 2 heterocycles. The predicted molar refractivity (Wildman–Crippen MR) is 76.9 cm³/mol. The summed E-state index contributed by atoms with van der Waals surface area (Å²) in [4.78, 5) is 6.75. The van der Waals surface area contributed by atoms with E-state index in [1.165, 1.54) is 10.9 Å². The molecule has 1 saturated heterocycles. The van der Waals surface area contributed by atoms with Crippen LogP contribution >= 0.6 is 12.4 Å². The molecule has 1 aromatic heterocycles. The smallest absolute Gasteiger partial charge is 0.0702 e. The summed E-state index contributed by atoms with van der Waals surface area (Å²) in [6, 6.07) is 10.9. The van der Waals surface area contributed by atoms with E-state index in [9.17, 15) is 0 Å². The van der Waals surface area contributed by atoms with E-state index in [4.69, 9.17) is 5.73 Å². The Hall–Kier alpha value is -1.16. The summed E-state index contributed by atoms with van der Waals surface area (Å²) in [5.74, 6) is 0. The molecule has 0 saturated carbocycles. The molecule has 18 heavy (non-hydrogen) atoms. The molecule has 0 radical (unpaired) electrons. The summed E-state index contributed by atoms with van der Waals surface area (Å²) in [6.45, 7) is 3.13. The van der Waals surface area contributed by atoms with Crippen molar-refractivity contribution >= 4 is 23.3 Å². The monoisotopic (exact) mass is 263 g/mol. The first-order valence-corrected chi connectivity index (χ1v) is 6.13. The Bertz CT molecular complexity index is 529. The van der Waals surface area contributed by atoms with Gasteiger partial charge in [-0.2, -0.15) is 0 Å². The number of pyridine rings is 1. The minimum Gasteiger partial charge on any atom is -0.326 e. The number of rotatable bonds is 2. The van der Waals surface area contributed by atoms with Gasteiger partial charge in [0.15, 0.2) is 0 Å². The molecule has 2 aromatic rings. The van der Waals surface area contributed by atoms with Crippen molar-refractivity contribution in [2.24, 2.45) is 5.73 Å². The van der Waals surface area contributed by atoms with Crippen LogP contribution in [-0.2, 0) is 6.54 Å². The first kappa shape index (κ1) is 13.3. The zero-order valence-electron chi connectivity index (χ0n) is 10.2. The van der Waals surface area contributed by atoms with E-state index in [0.717, 1.165) is 31.6 Å². The minimum atomic E-state index is 0. The third-order valence-corrected chi connectivity index (χ3v) is 3.38. The topological polar surface area (TPSA) is 42.1 Å². The Morgan fingerprint density at radius 2 is 2.22 bits per heavy atom. The lowest BCUT2D eigenvalue weighted by molar-refractivity contribution is 0.327. The van der Waals surface area contributed by atoms with Gasteiger partial charge >= 0.3 is 0 Å². The number of aromatic nitrogens is 1. The number of benzene rings is 1. The highest BCUT2D eigenvalue weighted by Crippen LogP contribution is 2.17. The number of halogens is 1. The molecule has 1 aromatic carbocycles. The molecule has 0 amide bonds. The molecule has 2 N–H and O–H groups in total. The largest absolute Gasteiger partial charge is 0.326 e. The molecule has 0 bridgehead atoms. The Kier molecular flexibility index (Phi) is 4.17. The van der Waals surface area contributed by atoms with Crippen LogP contribution in [0.25, 0.3) is 10.9 Å². The van der Waals surface area contributed by atoms with Crippen LogP contribution < -0.4 is 5.73 Å². The maximum Gasteiger partial charge on any atom is 0.0702 e. The van der Waals surface area contributed by atoms with E-state index >= 15 is 0 Å². The van der Waals surface area contributed by atoms with Gasteiger partial charge in [0.25, 0.3) is 0 Å². The van der Waals surface area contributed by atoms with Gasteiger partial charge < -0.3 is 5.73 Å². The fourth-order valence-electron chi connectivity index (χ4n) is 2.49. The fraction of sp³-hybridized carbons (Fsp3) is 0.357. The summed E-state index contributed by atoms with van der Waals surface area (Å²) in [6.07, 6.45) is 2.95. The molecule has 0 spiro atoms. The van der Waals surface area contributed by atoms with Crippen LogP contribution in [0.15, 0.2) is 36.5 Å². The van der Waals surface area contributed by atoms with Crippen molar-refractivity contribution in [3.63, 3.8) is 0 Å². The van der Waals surface area contributed by atoms with Gasteiger partial charge in [0.1, 0.15) is 0 Å². The van der Waals surface area contributed by atoms with Gasteiger partial charge in [-0.3, -0.25) is 9.88 Å². The van der Waals surface area contributed by atoms with Crippen LogP contribution in [0.2, 0.25) is 0 Å². The molecule has 1 aliphatic heterocycles. The molecule has 4 heteroatoms. The number of likely N-dealkylation sites (tertiary alicyclic amines) is 1. The number of hydrogen-bond donors (Lipinski definition) is 1. The molecule has 3 rings (SSSR count). The highest BCUT2D eigenvalue weighted by atomic mass is 35.5. The molecule has 1 aliphatic rings. The highest BCUT2D eigenvalue weighted by Gasteiger charge is 2.18. The van der Waals surface area contributed by atoms with E-state index < -0.39 is 0 Å². The van der Waals surface area contributed by atoms with Gasteiger partial charge in [0.05, 0.1) is 5.52 Å². The van der Waals surface area contributed by atoms with Gasteiger partial charge in [0.2, 0.25) is 0 Å². The van der Waals surface area contributed by atoms with Crippen molar-refractivity contribution in [2.45, 2.75) is 19.0 Å². The van der Waals surface area contributed by atoms with Crippen molar-refractivity contribution in [3.8, 4) is 0 Å². The standard InChI is InChI=1S/C14H17N3.ClH/c15-13-5-7-17(10-13)9-11-3-4-14-12(8-11)2-1-6-16-14;/h1-4,6,8,13H,5,7,9-10,15H2;1H/t13-;/m1./s1. The maximum atomic E-state index is 5.92. The normalized spacial score (nSPS) is 19.9. The average Bonchev–Trinajstić information content (AvgIpc) is 2.75. The molecule has 0 aliphatic carbocycles. The minimum absolute atomic E-state index is 0. The lowest BCUT2D eigenvalue weighted by Crippen LogP contribution is -2.26. The van der Waals surface area contributed by atoms with Crippen molar-refractivity contribution in [2.75, 3.05) is 13.1 Å². The first-order chi connectivity index (χ1) is 8.31. The second-order valence-electron chi connectivity index (χ2n) is 4.81. The summed E-state index contributed by atoms with van der Waals surface area (Å²) in [5, 5.41) is 1.22. The lowest BCUT2D eigenvalue weighted by Gasteiger charge is -2.15. The van der Waals surface area contributed by atoms with Crippen LogP contribution in [0.5, 0.6) is 0 Å². The van der Waals surface area contributed by atoms with Crippen molar-refractivity contribution in [1.82, 2.24) is 9.88 Å². The zero-order valence-corrected chi connectivity index (χ0v) is 11.1. The number of hydrogen-bond acceptors (Lipinski definition) is 3. The Balaban J connectivity index is 0.00000120. The predicted octanol–water partition coefficient (Wildman–Crippen LogP) is 2.19. The lowest BCUT2D eigenvalue weighted by atomic mass is 10.1. The van der Waals surface area contributed by atoms with Gasteiger partial charge in [0, 0.05) is 37.3 Å². The molecular weight excluding hydrogens is 246 g/mol. The zero-order chi connectivity index (χ0) is 11.7. The van der Waals surface area contributed by atoms with E-state index in [1.54, 1.807) is 0 Å². The van der Waals surface area contributed by atoms with E-state index in [0.29, 0.717) is 6.04 Å². The van der Waals surface area contributed by atoms with Crippen LogP contribution in [0, 0.1) is 0 Å². The van der Waals surface area contributed by atoms with Gasteiger partial charge in [-0.25, -0.2) is 0 Å². The summed E-state index contributed by atoms with van der Waals surface area (Å²) >= 11 is 0. The molecule has 96 valence electrons. The van der Waals surface area contributed by atoms with E-state index in [2.05, 4.69) is 34.1 Å². The Morgan fingerprint density at radius 1 is 1.33 bits per heavy atom. The summed E-state index contributed by atoms with van der Waals surface area (Å²) < 4.78 is 0. The van der Waals surface area contributed by atoms with Crippen LogP contribution in [0.4, 0.5) is 0 Å². The Morgan fingerprint density at radius 3 is 3.00 bits per heavy atom. The quantitative estimate of drug-likeness (QED) is 0.903. The number of nitrogens with two attached hydrogens (primary N) is 1. The Labute approximate surface area is 113 Å². The molecule has 3 nitrogen and oxygen atoms in total. The van der Waals surface area contributed by atoms with E-state index in [-0.39, 0.29) is 12.4 Å². The summed E-state index contributed by atoms with van der Waals surface area (Å²) in [5.41, 5.74) is 8.33. The van der Waals surface area contributed by atoms with Gasteiger partial charge in [-0.05, 0) is 30.2 Å². The van der Waals surface area contributed by atoms with Crippen LogP contribution in [-0.4, -0.2) is 29.0 Å². The van der Waals surface area contributed by atoms with Crippen LogP contribution in [0.1, 0.15) is 12.0 Å². The van der Waals surface area contributed by atoms with Crippen molar-refractivity contribution < 1.29 is 0 Å². The molecular formula is C14H18ClN3. The fourth-order valence-corrected chi connectivity index (χ4v) is 2.49. The van der Waals surface area contributed by atoms with Crippen LogP contribution in [0.3, 0.4) is 0 Å². The number of fused-ring (bicyclic) bond motifs is 1. The molecule has 1 fully saturated rings. The average molecular weight is 264 g/mol. The third-order valence-electron chi connectivity index (χ3n) is 3.38. The molecule has 1 atom stereocenters. The van der Waals surface area contributed by atoms with Crippen molar-refractivity contribution in [3.05, 3.63) is 42.1 Å². The second-order valence-corrected chi connectivity index (χ2v) is 4.81.